The number of benzene rings is 2. The number of amides is 2. The van der Waals surface area contributed by atoms with Gasteiger partial charge in [-0.1, -0.05) is 6.07 Å². The molecule has 0 fully saturated rings. The highest BCUT2D eigenvalue weighted by Gasteiger charge is 2.15. The molecule has 0 aromatic heterocycles. The van der Waals surface area contributed by atoms with Crippen molar-refractivity contribution in [2.45, 2.75) is 0 Å². The van der Waals surface area contributed by atoms with Crippen LogP contribution in [0.25, 0.3) is 0 Å². The highest BCUT2D eigenvalue weighted by atomic mass is 16.5. The fourth-order valence-electron chi connectivity index (χ4n) is 2.31. The fraction of sp³-hybridized carbons (Fsp3) is 0.263. The lowest BCUT2D eigenvalue weighted by Gasteiger charge is -2.18. The van der Waals surface area contributed by atoms with Gasteiger partial charge in [0.2, 0.25) is 5.91 Å². The van der Waals surface area contributed by atoms with E-state index in [4.69, 9.17) is 4.74 Å². The lowest BCUT2D eigenvalue weighted by atomic mass is 10.2. The Morgan fingerprint density at radius 1 is 1.04 bits per heavy atom. The van der Waals surface area contributed by atoms with Gasteiger partial charge in [-0.2, -0.15) is 0 Å². The molecular weight excluding hydrogens is 318 g/mol. The van der Waals surface area contributed by atoms with Crippen LogP contribution < -0.4 is 15.0 Å². The van der Waals surface area contributed by atoms with Gasteiger partial charge < -0.3 is 19.9 Å². The van der Waals surface area contributed by atoms with Crippen molar-refractivity contribution in [3.63, 3.8) is 0 Å². The number of carbonyl (C=O) groups excluding carboxylic acids is 2. The molecule has 0 saturated heterocycles. The van der Waals surface area contributed by atoms with Crippen LogP contribution in [0, 0.1) is 0 Å². The van der Waals surface area contributed by atoms with Gasteiger partial charge in [0.15, 0.2) is 0 Å². The molecule has 6 heteroatoms. The summed E-state index contributed by atoms with van der Waals surface area (Å²) in [6, 6.07) is 14.3. The normalized spacial score (nSPS) is 10.1. The van der Waals surface area contributed by atoms with Crippen LogP contribution in [-0.4, -0.2) is 51.5 Å². The SMILES string of the molecule is COc1cccc(NC(=O)CN(C)C(=O)c2ccc(N(C)C)cc2)c1. The van der Waals surface area contributed by atoms with Gasteiger partial charge in [0, 0.05) is 44.1 Å². The summed E-state index contributed by atoms with van der Waals surface area (Å²) in [5.41, 5.74) is 2.18. The molecule has 6 nitrogen and oxygen atoms in total. The number of ether oxygens (including phenoxy) is 1. The standard InChI is InChI=1S/C19H23N3O3/c1-21(2)16-10-8-14(9-11-16)19(24)22(3)13-18(23)20-15-6-5-7-17(12-15)25-4/h5-12H,13H2,1-4H3,(H,20,23). The number of rotatable bonds is 6. The predicted octanol–water partition coefficient (Wildman–Crippen LogP) is 2.47. The van der Waals surface area contributed by atoms with Gasteiger partial charge in [0.25, 0.3) is 5.91 Å². The summed E-state index contributed by atoms with van der Waals surface area (Å²) in [5.74, 6) is 0.184. The third kappa shape index (κ3) is 4.97. The molecule has 25 heavy (non-hydrogen) atoms. The summed E-state index contributed by atoms with van der Waals surface area (Å²) >= 11 is 0. The molecule has 0 radical (unpaired) electrons. The molecular formula is C19H23N3O3. The molecule has 2 aromatic carbocycles. The predicted molar refractivity (Wildman–Crippen MR) is 99.4 cm³/mol. The van der Waals surface area contributed by atoms with Crippen molar-refractivity contribution in [1.29, 1.82) is 0 Å². The van der Waals surface area contributed by atoms with E-state index in [0.717, 1.165) is 5.69 Å². The first-order valence-corrected chi connectivity index (χ1v) is 7.87. The third-order valence-corrected chi connectivity index (χ3v) is 3.71. The Kier molecular flexibility index (Phi) is 6.00. The minimum atomic E-state index is -0.269. The van der Waals surface area contributed by atoms with Crippen molar-refractivity contribution in [3.8, 4) is 5.75 Å². The smallest absolute Gasteiger partial charge is 0.254 e. The van der Waals surface area contributed by atoms with Crippen LogP contribution in [0.3, 0.4) is 0 Å². The van der Waals surface area contributed by atoms with Crippen molar-refractivity contribution in [2.24, 2.45) is 0 Å². The van der Waals surface area contributed by atoms with Gasteiger partial charge in [0.05, 0.1) is 13.7 Å². The van der Waals surface area contributed by atoms with E-state index in [0.29, 0.717) is 17.0 Å². The van der Waals surface area contributed by atoms with Gasteiger partial charge in [-0.3, -0.25) is 9.59 Å². The topological polar surface area (TPSA) is 61.9 Å². The maximum absolute atomic E-state index is 12.4. The Balaban J connectivity index is 1.96. The maximum Gasteiger partial charge on any atom is 0.254 e. The minimum absolute atomic E-state index is 0.0362. The van der Waals surface area contributed by atoms with Gasteiger partial charge >= 0.3 is 0 Å². The average molecular weight is 341 g/mol. The van der Waals surface area contributed by atoms with Crippen LogP contribution in [0.1, 0.15) is 10.4 Å². The van der Waals surface area contributed by atoms with E-state index in [2.05, 4.69) is 5.32 Å². The first-order valence-electron chi connectivity index (χ1n) is 7.87. The van der Waals surface area contributed by atoms with Gasteiger partial charge in [-0.05, 0) is 36.4 Å². The van der Waals surface area contributed by atoms with Gasteiger partial charge in [-0.25, -0.2) is 0 Å². The number of hydrogen-bond acceptors (Lipinski definition) is 4. The number of nitrogens with one attached hydrogen (secondary N) is 1. The van der Waals surface area contributed by atoms with E-state index in [-0.39, 0.29) is 18.4 Å². The number of carbonyl (C=O) groups is 2. The second-order valence-corrected chi connectivity index (χ2v) is 5.88. The third-order valence-electron chi connectivity index (χ3n) is 3.71. The first-order chi connectivity index (χ1) is 11.9. The summed E-state index contributed by atoms with van der Waals surface area (Å²) < 4.78 is 5.12. The van der Waals surface area contributed by atoms with Crippen LogP contribution in [0.2, 0.25) is 0 Å². The van der Waals surface area contributed by atoms with Crippen LogP contribution in [0.15, 0.2) is 48.5 Å². The van der Waals surface area contributed by atoms with Crippen molar-refractivity contribution in [3.05, 3.63) is 54.1 Å². The molecule has 0 aliphatic rings. The molecule has 1 N–H and O–H groups in total. The van der Waals surface area contributed by atoms with Crippen molar-refractivity contribution >= 4 is 23.2 Å². The zero-order chi connectivity index (χ0) is 18.4. The largest absolute Gasteiger partial charge is 0.497 e. The number of methoxy groups -OCH3 is 1. The molecule has 0 saturated carbocycles. The number of likely N-dealkylation sites (N-methyl/N-ethyl adjacent to an activating group) is 1. The number of nitrogens with zero attached hydrogens (tertiary/aromatic N) is 2. The molecule has 132 valence electrons. The highest BCUT2D eigenvalue weighted by molar-refractivity contribution is 5.99. The second-order valence-electron chi connectivity index (χ2n) is 5.88. The summed E-state index contributed by atoms with van der Waals surface area (Å²) in [7, 11) is 7.04. The quantitative estimate of drug-likeness (QED) is 0.877. The average Bonchev–Trinajstić information content (AvgIpc) is 2.61. The summed E-state index contributed by atoms with van der Waals surface area (Å²) in [5, 5.41) is 2.76. The van der Waals surface area contributed by atoms with Crippen LogP contribution in [0.5, 0.6) is 5.75 Å². The zero-order valence-electron chi connectivity index (χ0n) is 14.9. The molecule has 0 aliphatic carbocycles. The van der Waals surface area contributed by atoms with E-state index < -0.39 is 0 Å². The molecule has 0 heterocycles. The Morgan fingerprint density at radius 2 is 1.72 bits per heavy atom. The lowest BCUT2D eigenvalue weighted by molar-refractivity contribution is -0.116. The van der Waals surface area contributed by atoms with Gasteiger partial charge in [-0.15, -0.1) is 0 Å². The van der Waals surface area contributed by atoms with Gasteiger partial charge in [0.1, 0.15) is 5.75 Å². The Labute approximate surface area is 148 Å². The first kappa shape index (κ1) is 18.3. The Bertz CT molecular complexity index is 742. The van der Waals surface area contributed by atoms with Crippen LogP contribution in [0.4, 0.5) is 11.4 Å². The van der Waals surface area contributed by atoms with E-state index in [9.17, 15) is 9.59 Å². The molecule has 2 rings (SSSR count). The molecule has 0 aliphatic heterocycles. The van der Waals surface area contributed by atoms with Crippen LogP contribution >= 0.6 is 0 Å². The molecule has 2 aromatic rings. The molecule has 0 bridgehead atoms. The van der Waals surface area contributed by atoms with Crippen molar-refractivity contribution < 1.29 is 14.3 Å². The number of anilines is 2. The summed E-state index contributed by atoms with van der Waals surface area (Å²) in [6.45, 7) is -0.0362. The summed E-state index contributed by atoms with van der Waals surface area (Å²) in [6.07, 6.45) is 0. The monoisotopic (exact) mass is 341 g/mol. The zero-order valence-corrected chi connectivity index (χ0v) is 14.9. The Hall–Kier alpha value is -3.02. The Morgan fingerprint density at radius 3 is 2.32 bits per heavy atom. The summed E-state index contributed by atoms with van der Waals surface area (Å²) in [4.78, 5) is 27.9. The molecule has 0 unspecified atom stereocenters. The van der Waals surface area contributed by atoms with E-state index >= 15 is 0 Å². The molecule has 0 spiro atoms. The van der Waals surface area contributed by atoms with E-state index in [1.807, 2.05) is 31.1 Å². The maximum atomic E-state index is 12.4. The van der Waals surface area contributed by atoms with Crippen molar-refractivity contribution in [1.82, 2.24) is 4.90 Å². The molecule has 0 atom stereocenters. The van der Waals surface area contributed by atoms with Crippen LogP contribution in [-0.2, 0) is 4.79 Å². The fourth-order valence-corrected chi connectivity index (χ4v) is 2.31. The number of hydrogen-bond donors (Lipinski definition) is 1. The van der Waals surface area contributed by atoms with Crippen molar-refractivity contribution in [2.75, 3.05) is 45.0 Å². The highest BCUT2D eigenvalue weighted by Crippen LogP contribution is 2.17. The molecule has 2 amide bonds. The second kappa shape index (κ2) is 8.19. The minimum Gasteiger partial charge on any atom is -0.497 e. The van der Waals surface area contributed by atoms with E-state index in [1.165, 1.54) is 4.90 Å². The lowest BCUT2D eigenvalue weighted by Crippen LogP contribution is -2.34. The van der Waals surface area contributed by atoms with E-state index in [1.54, 1.807) is 50.6 Å².